The van der Waals surface area contributed by atoms with Crippen LogP contribution in [0.25, 0.3) is 0 Å². The van der Waals surface area contributed by atoms with Gasteiger partial charge in [0.05, 0.1) is 11.6 Å². The van der Waals surface area contributed by atoms with Crippen molar-refractivity contribution in [3.8, 4) is 0 Å². The van der Waals surface area contributed by atoms with Crippen LogP contribution in [0.1, 0.15) is 27.7 Å². The van der Waals surface area contributed by atoms with E-state index in [1.807, 2.05) is 0 Å². The first-order valence-corrected chi connectivity index (χ1v) is 5.76. The highest BCUT2D eigenvalue weighted by Crippen LogP contribution is 2.32. The SMILES string of the molecule is CC(C)C1Nc2c(nc(N)[nH]c2=O)NC1(C)C.Cl.Cl. The van der Waals surface area contributed by atoms with Gasteiger partial charge in [-0.15, -0.1) is 24.8 Å². The van der Waals surface area contributed by atoms with Crippen molar-refractivity contribution in [1.29, 1.82) is 0 Å². The van der Waals surface area contributed by atoms with Gasteiger partial charge in [-0.25, -0.2) is 0 Å². The average Bonchev–Trinajstić information content (AvgIpc) is 2.13. The largest absolute Gasteiger partial charge is 0.372 e. The van der Waals surface area contributed by atoms with Gasteiger partial charge in [0.15, 0.2) is 5.82 Å². The van der Waals surface area contributed by atoms with Gasteiger partial charge >= 0.3 is 0 Å². The molecule has 2 rings (SSSR count). The van der Waals surface area contributed by atoms with Crippen molar-refractivity contribution in [2.45, 2.75) is 39.3 Å². The third-order valence-corrected chi connectivity index (χ3v) is 3.12. The van der Waals surface area contributed by atoms with Crippen molar-refractivity contribution in [2.24, 2.45) is 5.92 Å². The maximum atomic E-state index is 11.8. The molecule has 0 radical (unpaired) electrons. The van der Waals surface area contributed by atoms with Crippen molar-refractivity contribution in [3.05, 3.63) is 10.4 Å². The summed E-state index contributed by atoms with van der Waals surface area (Å²) in [6.45, 7) is 8.38. The molecule has 0 spiro atoms. The second kappa shape index (κ2) is 5.88. The lowest BCUT2D eigenvalue weighted by Gasteiger charge is -2.43. The van der Waals surface area contributed by atoms with Gasteiger partial charge in [-0.1, -0.05) is 13.8 Å². The number of hydrogen-bond donors (Lipinski definition) is 4. The maximum Gasteiger partial charge on any atom is 0.277 e. The van der Waals surface area contributed by atoms with Crippen LogP contribution in [0.2, 0.25) is 0 Å². The average molecular weight is 310 g/mol. The molecule has 1 aromatic rings. The number of fused-ring (bicyclic) bond motifs is 1. The van der Waals surface area contributed by atoms with Crippen LogP contribution in [-0.2, 0) is 0 Å². The molecule has 0 amide bonds. The number of aromatic amines is 1. The van der Waals surface area contributed by atoms with Crippen LogP contribution in [0.15, 0.2) is 4.79 Å². The van der Waals surface area contributed by atoms with E-state index in [-0.39, 0.29) is 47.9 Å². The zero-order valence-electron chi connectivity index (χ0n) is 11.4. The van der Waals surface area contributed by atoms with Crippen molar-refractivity contribution in [3.63, 3.8) is 0 Å². The molecule has 5 N–H and O–H groups in total. The van der Waals surface area contributed by atoms with Gasteiger partial charge in [-0.05, 0) is 19.8 Å². The summed E-state index contributed by atoms with van der Waals surface area (Å²) in [7, 11) is 0. The fourth-order valence-corrected chi connectivity index (χ4v) is 2.43. The monoisotopic (exact) mass is 309 g/mol. The fourth-order valence-electron chi connectivity index (χ4n) is 2.43. The van der Waals surface area contributed by atoms with E-state index in [4.69, 9.17) is 5.73 Å². The van der Waals surface area contributed by atoms with E-state index in [0.29, 0.717) is 17.4 Å². The Labute approximate surface area is 124 Å². The molecule has 19 heavy (non-hydrogen) atoms. The molecule has 0 aliphatic carbocycles. The Morgan fingerprint density at radius 2 is 1.89 bits per heavy atom. The van der Waals surface area contributed by atoms with Gasteiger partial charge in [-0.2, -0.15) is 4.98 Å². The van der Waals surface area contributed by atoms with Gasteiger partial charge in [0.1, 0.15) is 5.69 Å². The molecular weight excluding hydrogens is 289 g/mol. The second-order valence-corrected chi connectivity index (χ2v) is 5.39. The smallest absolute Gasteiger partial charge is 0.277 e. The van der Waals surface area contributed by atoms with Crippen molar-refractivity contribution >= 4 is 42.3 Å². The molecule has 0 aromatic carbocycles. The van der Waals surface area contributed by atoms with Gasteiger partial charge in [0, 0.05) is 0 Å². The van der Waals surface area contributed by atoms with Crippen LogP contribution in [0.4, 0.5) is 17.5 Å². The van der Waals surface area contributed by atoms with Gasteiger partial charge in [0.2, 0.25) is 5.95 Å². The Morgan fingerprint density at radius 3 is 2.42 bits per heavy atom. The van der Waals surface area contributed by atoms with Crippen LogP contribution in [0, 0.1) is 5.92 Å². The van der Waals surface area contributed by atoms with E-state index in [2.05, 4.69) is 48.3 Å². The van der Waals surface area contributed by atoms with E-state index in [1.54, 1.807) is 0 Å². The third-order valence-electron chi connectivity index (χ3n) is 3.12. The molecule has 0 saturated carbocycles. The molecule has 0 bridgehead atoms. The molecule has 2 heterocycles. The van der Waals surface area contributed by atoms with Crippen LogP contribution < -0.4 is 21.9 Å². The summed E-state index contributed by atoms with van der Waals surface area (Å²) in [5.41, 5.74) is 5.58. The molecule has 1 unspecified atom stereocenters. The Bertz CT molecular complexity index is 500. The molecule has 1 aromatic heterocycles. The molecule has 110 valence electrons. The minimum absolute atomic E-state index is 0. The fraction of sp³-hybridized carbons (Fsp3) is 0.636. The Hall–Kier alpha value is -1.14. The Kier molecular flexibility index (Phi) is 5.53. The van der Waals surface area contributed by atoms with Crippen LogP contribution in [0.3, 0.4) is 0 Å². The standard InChI is InChI=1S/C11H19N5O.2ClH/c1-5(2)7-11(3,4)16-8-6(13-7)9(17)15-10(12)14-8;;/h5,7,13H,1-4H3,(H4,12,14,15,16,17);2*1H. The van der Waals surface area contributed by atoms with Gasteiger partial charge in [0.25, 0.3) is 5.56 Å². The predicted molar refractivity (Wildman–Crippen MR) is 83.7 cm³/mol. The summed E-state index contributed by atoms with van der Waals surface area (Å²) in [6.07, 6.45) is 0. The van der Waals surface area contributed by atoms with Gasteiger partial charge < -0.3 is 16.4 Å². The molecule has 0 fully saturated rings. The van der Waals surface area contributed by atoms with Crippen molar-refractivity contribution in [1.82, 2.24) is 9.97 Å². The topological polar surface area (TPSA) is 95.8 Å². The minimum Gasteiger partial charge on any atom is -0.372 e. The number of nitrogens with two attached hydrogens (primary N) is 1. The quantitative estimate of drug-likeness (QED) is 0.635. The molecule has 1 aliphatic rings. The Morgan fingerprint density at radius 1 is 1.32 bits per heavy atom. The molecule has 8 heteroatoms. The molecule has 1 atom stereocenters. The first-order valence-electron chi connectivity index (χ1n) is 5.76. The minimum atomic E-state index is -0.235. The van der Waals surface area contributed by atoms with Crippen LogP contribution >= 0.6 is 24.8 Å². The highest BCUT2D eigenvalue weighted by Gasteiger charge is 2.37. The summed E-state index contributed by atoms with van der Waals surface area (Å²) >= 11 is 0. The first-order chi connectivity index (χ1) is 7.81. The molecule has 1 aliphatic heterocycles. The zero-order chi connectivity index (χ0) is 12.8. The number of anilines is 3. The number of hydrogen-bond acceptors (Lipinski definition) is 5. The van der Waals surface area contributed by atoms with Crippen LogP contribution in [0.5, 0.6) is 0 Å². The van der Waals surface area contributed by atoms with Gasteiger partial charge in [-0.3, -0.25) is 9.78 Å². The third kappa shape index (κ3) is 3.25. The molecule has 6 nitrogen and oxygen atoms in total. The first kappa shape index (κ1) is 17.9. The zero-order valence-corrected chi connectivity index (χ0v) is 13.0. The van der Waals surface area contributed by atoms with E-state index in [9.17, 15) is 4.79 Å². The number of rotatable bonds is 1. The summed E-state index contributed by atoms with van der Waals surface area (Å²) in [4.78, 5) is 18.4. The Balaban J connectivity index is 0.00000162. The summed E-state index contributed by atoms with van der Waals surface area (Å²) in [5, 5.41) is 6.53. The summed E-state index contributed by atoms with van der Waals surface area (Å²) < 4.78 is 0. The van der Waals surface area contributed by atoms with E-state index in [1.165, 1.54) is 0 Å². The van der Waals surface area contributed by atoms with Crippen molar-refractivity contribution in [2.75, 3.05) is 16.4 Å². The van der Waals surface area contributed by atoms with Crippen molar-refractivity contribution < 1.29 is 0 Å². The number of halogens is 2. The number of H-pyrrole nitrogens is 1. The summed E-state index contributed by atoms with van der Waals surface area (Å²) in [6, 6.07) is 0.154. The summed E-state index contributed by atoms with van der Waals surface area (Å²) in [5.74, 6) is 1.04. The highest BCUT2D eigenvalue weighted by atomic mass is 35.5. The molecular formula is C11H21Cl2N5O. The lowest BCUT2D eigenvalue weighted by atomic mass is 9.84. The lowest BCUT2D eigenvalue weighted by Crippen LogP contribution is -2.55. The highest BCUT2D eigenvalue weighted by molar-refractivity contribution is 5.85. The second-order valence-electron chi connectivity index (χ2n) is 5.39. The number of nitrogens with zero attached hydrogens (tertiary/aromatic N) is 1. The molecule has 0 saturated heterocycles. The maximum absolute atomic E-state index is 11.8. The van der Waals surface area contributed by atoms with E-state index >= 15 is 0 Å². The van der Waals surface area contributed by atoms with Crippen LogP contribution in [-0.4, -0.2) is 21.5 Å². The van der Waals surface area contributed by atoms with E-state index < -0.39 is 0 Å². The lowest BCUT2D eigenvalue weighted by molar-refractivity contribution is 0.371. The number of nitrogens with one attached hydrogen (secondary N) is 3. The number of nitrogen functional groups attached to an aromatic ring is 1. The predicted octanol–water partition coefficient (Wildman–Crippen LogP) is 1.84. The number of aromatic nitrogens is 2. The van der Waals surface area contributed by atoms with E-state index in [0.717, 1.165) is 0 Å². The normalized spacial score (nSPS) is 19.3.